The molecular formula is C12H13BrN2O3S2. The molecule has 0 unspecified atom stereocenters. The molecule has 2 aromatic heterocycles. The number of anilines is 1. The maximum Gasteiger partial charge on any atom is 0.266 e. The molecule has 0 aromatic carbocycles. The van der Waals surface area contributed by atoms with Crippen molar-refractivity contribution >= 4 is 43.0 Å². The van der Waals surface area contributed by atoms with Gasteiger partial charge in [0.15, 0.2) is 4.67 Å². The molecule has 2 aromatic rings. The first kappa shape index (κ1) is 14.1. The summed E-state index contributed by atoms with van der Waals surface area (Å²) in [6.07, 6.45) is 2.35. The van der Waals surface area contributed by atoms with E-state index in [0.29, 0.717) is 24.0 Å². The summed E-state index contributed by atoms with van der Waals surface area (Å²) in [6.45, 7) is 0.539. The minimum atomic E-state index is -3.63. The Morgan fingerprint density at radius 2 is 2.25 bits per heavy atom. The molecule has 5 nitrogen and oxygen atoms in total. The Bertz CT molecular complexity index is 690. The minimum Gasteiger partial charge on any atom is -0.451 e. The Morgan fingerprint density at radius 1 is 1.45 bits per heavy atom. The topological polar surface area (TPSA) is 71.3 Å². The van der Waals surface area contributed by atoms with Crippen LogP contribution in [0.3, 0.4) is 0 Å². The molecule has 0 bridgehead atoms. The van der Waals surface area contributed by atoms with Crippen LogP contribution in [0.1, 0.15) is 18.6 Å². The van der Waals surface area contributed by atoms with Gasteiger partial charge in [-0.1, -0.05) is 0 Å². The summed E-state index contributed by atoms with van der Waals surface area (Å²) in [4.78, 5) is 0.122. The van der Waals surface area contributed by atoms with Crippen LogP contribution >= 0.6 is 27.3 Å². The Hall–Kier alpha value is -0.830. The van der Waals surface area contributed by atoms with Crippen molar-refractivity contribution in [3.8, 4) is 0 Å². The first-order chi connectivity index (χ1) is 9.54. The van der Waals surface area contributed by atoms with Crippen LogP contribution in [0.4, 0.5) is 5.69 Å². The number of hydrogen-bond acceptors (Lipinski definition) is 5. The fourth-order valence-corrected chi connectivity index (χ4v) is 4.44. The number of sulfonamides is 1. The highest BCUT2D eigenvalue weighted by Gasteiger charge is 2.24. The van der Waals surface area contributed by atoms with Gasteiger partial charge < -0.3 is 9.73 Å². The molecule has 2 heterocycles. The molecule has 1 saturated carbocycles. The van der Waals surface area contributed by atoms with Gasteiger partial charge in [-0.15, -0.1) is 0 Å². The molecule has 3 rings (SSSR count). The zero-order valence-corrected chi connectivity index (χ0v) is 13.6. The number of rotatable bonds is 6. The SMILES string of the molecule is O=S(=O)(Nc1ccsc1)c1cc(CNC2CC2)oc1Br. The zero-order valence-electron chi connectivity index (χ0n) is 10.4. The van der Waals surface area contributed by atoms with E-state index in [1.807, 2.05) is 5.38 Å². The van der Waals surface area contributed by atoms with Crippen molar-refractivity contribution in [3.05, 3.63) is 33.3 Å². The number of hydrogen-bond donors (Lipinski definition) is 2. The third-order valence-electron chi connectivity index (χ3n) is 2.91. The fraction of sp³-hybridized carbons (Fsp3) is 0.333. The van der Waals surface area contributed by atoms with Gasteiger partial charge in [-0.2, -0.15) is 11.3 Å². The number of halogens is 1. The number of thiophene rings is 1. The molecule has 0 spiro atoms. The van der Waals surface area contributed by atoms with Gasteiger partial charge in [0.1, 0.15) is 10.7 Å². The average Bonchev–Trinajstić information content (AvgIpc) is 2.93. The summed E-state index contributed by atoms with van der Waals surface area (Å²) in [5.74, 6) is 0.606. The minimum absolute atomic E-state index is 0.122. The maximum atomic E-state index is 12.3. The third-order valence-corrected chi connectivity index (χ3v) is 5.83. The zero-order chi connectivity index (χ0) is 14.2. The van der Waals surface area contributed by atoms with Gasteiger partial charge in [-0.25, -0.2) is 8.42 Å². The molecule has 0 atom stereocenters. The molecule has 108 valence electrons. The summed E-state index contributed by atoms with van der Waals surface area (Å²) in [5, 5.41) is 6.83. The van der Waals surface area contributed by atoms with Crippen molar-refractivity contribution in [3.63, 3.8) is 0 Å². The Kier molecular flexibility index (Phi) is 3.89. The molecule has 0 aliphatic heterocycles. The quantitative estimate of drug-likeness (QED) is 0.811. The van der Waals surface area contributed by atoms with Crippen molar-refractivity contribution in [2.75, 3.05) is 4.72 Å². The van der Waals surface area contributed by atoms with Crippen molar-refractivity contribution < 1.29 is 12.8 Å². The first-order valence-electron chi connectivity index (χ1n) is 6.11. The number of furan rings is 1. The Labute approximate surface area is 129 Å². The largest absolute Gasteiger partial charge is 0.451 e. The van der Waals surface area contributed by atoms with E-state index in [0.717, 1.165) is 0 Å². The van der Waals surface area contributed by atoms with Crippen molar-refractivity contribution in [1.82, 2.24) is 5.32 Å². The Morgan fingerprint density at radius 3 is 2.90 bits per heavy atom. The normalized spacial score (nSPS) is 15.4. The molecule has 0 saturated heterocycles. The van der Waals surface area contributed by atoms with Crippen molar-refractivity contribution in [2.24, 2.45) is 0 Å². The smallest absolute Gasteiger partial charge is 0.266 e. The lowest BCUT2D eigenvalue weighted by atomic mass is 10.4. The van der Waals surface area contributed by atoms with Gasteiger partial charge in [-0.05, 0) is 40.2 Å². The average molecular weight is 377 g/mol. The van der Waals surface area contributed by atoms with Gasteiger partial charge in [0.2, 0.25) is 0 Å². The van der Waals surface area contributed by atoms with Crippen LogP contribution in [-0.2, 0) is 16.6 Å². The third kappa shape index (κ3) is 3.25. The summed E-state index contributed by atoms with van der Waals surface area (Å²) >= 11 is 4.60. The lowest BCUT2D eigenvalue weighted by Gasteiger charge is -2.03. The molecule has 20 heavy (non-hydrogen) atoms. The first-order valence-corrected chi connectivity index (χ1v) is 9.33. The highest BCUT2D eigenvalue weighted by molar-refractivity contribution is 9.10. The van der Waals surface area contributed by atoms with E-state index in [1.165, 1.54) is 24.2 Å². The van der Waals surface area contributed by atoms with E-state index in [-0.39, 0.29) is 9.56 Å². The fourth-order valence-electron chi connectivity index (χ4n) is 1.73. The highest BCUT2D eigenvalue weighted by Crippen LogP contribution is 2.29. The van der Waals surface area contributed by atoms with E-state index < -0.39 is 10.0 Å². The van der Waals surface area contributed by atoms with Gasteiger partial charge >= 0.3 is 0 Å². The van der Waals surface area contributed by atoms with Crippen molar-refractivity contribution in [1.29, 1.82) is 0 Å². The molecule has 8 heteroatoms. The van der Waals surface area contributed by atoms with E-state index >= 15 is 0 Å². The van der Waals surface area contributed by atoms with Crippen LogP contribution in [0.25, 0.3) is 0 Å². The van der Waals surface area contributed by atoms with Crippen LogP contribution in [0.5, 0.6) is 0 Å². The van der Waals surface area contributed by atoms with Gasteiger partial charge in [0.05, 0.1) is 12.2 Å². The molecule has 1 aliphatic carbocycles. The molecule has 0 radical (unpaired) electrons. The van der Waals surface area contributed by atoms with Crippen LogP contribution < -0.4 is 10.0 Å². The van der Waals surface area contributed by atoms with Gasteiger partial charge in [0, 0.05) is 17.5 Å². The molecule has 0 amide bonds. The lowest BCUT2D eigenvalue weighted by Crippen LogP contribution is -2.15. The predicted octanol–water partition coefficient (Wildman–Crippen LogP) is 3.16. The van der Waals surface area contributed by atoms with E-state index in [2.05, 4.69) is 26.0 Å². The maximum absolute atomic E-state index is 12.3. The molecular weight excluding hydrogens is 364 g/mol. The molecule has 1 fully saturated rings. The van der Waals surface area contributed by atoms with Crippen LogP contribution in [0, 0.1) is 0 Å². The second-order valence-electron chi connectivity index (χ2n) is 4.62. The summed E-state index contributed by atoms with van der Waals surface area (Å²) in [5.41, 5.74) is 0.556. The summed E-state index contributed by atoms with van der Waals surface area (Å²) in [6, 6.07) is 3.81. The predicted molar refractivity (Wildman–Crippen MR) is 81.4 cm³/mol. The van der Waals surface area contributed by atoms with E-state index in [4.69, 9.17) is 4.42 Å². The van der Waals surface area contributed by atoms with Gasteiger partial charge in [-0.3, -0.25) is 4.72 Å². The monoisotopic (exact) mass is 376 g/mol. The second kappa shape index (κ2) is 5.51. The lowest BCUT2D eigenvalue weighted by molar-refractivity contribution is 0.460. The van der Waals surface area contributed by atoms with E-state index in [1.54, 1.807) is 17.5 Å². The van der Waals surface area contributed by atoms with Crippen LogP contribution in [-0.4, -0.2) is 14.5 Å². The molecule has 1 aliphatic rings. The number of nitrogens with one attached hydrogen (secondary N) is 2. The van der Waals surface area contributed by atoms with Crippen LogP contribution in [0.2, 0.25) is 0 Å². The molecule has 2 N–H and O–H groups in total. The summed E-state index contributed by atoms with van der Waals surface area (Å²) in [7, 11) is -3.63. The standard InChI is InChI=1S/C12H13BrN2O3S2/c13-12-11(5-10(18-12)6-14-8-1-2-8)20(16,17)15-9-3-4-19-7-9/h3-5,7-8,14-15H,1-2,6H2. The summed E-state index contributed by atoms with van der Waals surface area (Å²) < 4.78 is 32.7. The highest BCUT2D eigenvalue weighted by atomic mass is 79.9. The Balaban J connectivity index is 1.77. The van der Waals surface area contributed by atoms with E-state index in [9.17, 15) is 8.42 Å². The second-order valence-corrected chi connectivity index (χ2v) is 7.77. The van der Waals surface area contributed by atoms with Crippen LogP contribution in [0.15, 0.2) is 36.9 Å². The van der Waals surface area contributed by atoms with Crippen molar-refractivity contribution in [2.45, 2.75) is 30.3 Å². The van der Waals surface area contributed by atoms with Gasteiger partial charge in [0.25, 0.3) is 10.0 Å².